The van der Waals surface area contributed by atoms with E-state index in [1.54, 1.807) is 6.08 Å². The number of aliphatic hydroxyl groups is 1. The van der Waals surface area contributed by atoms with E-state index >= 15 is 0 Å². The molecule has 1 aromatic heterocycles. The van der Waals surface area contributed by atoms with Gasteiger partial charge in [-0.25, -0.2) is 0 Å². The summed E-state index contributed by atoms with van der Waals surface area (Å²) in [4.78, 5) is 21.1. The number of aromatic nitrogens is 2. The van der Waals surface area contributed by atoms with Crippen LogP contribution >= 0.6 is 0 Å². The van der Waals surface area contributed by atoms with Crippen molar-refractivity contribution in [3.8, 4) is 0 Å². The lowest BCUT2D eigenvalue weighted by Crippen LogP contribution is -2.03. The van der Waals surface area contributed by atoms with Crippen molar-refractivity contribution >= 4 is 18.3 Å². The molecule has 31 heavy (non-hydrogen) atoms. The Balaban J connectivity index is 2.89. The van der Waals surface area contributed by atoms with E-state index in [1.165, 1.54) is 6.08 Å². The summed E-state index contributed by atoms with van der Waals surface area (Å²) in [7, 11) is 0. The molecule has 0 saturated carbocycles. The van der Waals surface area contributed by atoms with Crippen LogP contribution in [0.4, 0.5) is 0 Å². The highest BCUT2D eigenvalue weighted by Crippen LogP contribution is 2.19. The number of aryl methyl sites for hydroxylation is 1. The number of unbranched alkanes of at least 4 members (excludes halogenated alkanes) is 6. The minimum absolute atomic E-state index is 0.166. The zero-order chi connectivity index (χ0) is 23.8. The van der Waals surface area contributed by atoms with Crippen molar-refractivity contribution in [2.24, 2.45) is 0 Å². The van der Waals surface area contributed by atoms with Crippen molar-refractivity contribution < 1.29 is 21.2 Å². The molecule has 0 aliphatic carbocycles. The van der Waals surface area contributed by atoms with Gasteiger partial charge in [-0.3, -0.25) is 9.48 Å². The van der Waals surface area contributed by atoms with Gasteiger partial charge >= 0.3 is 5.97 Å². The van der Waals surface area contributed by atoms with Crippen LogP contribution in [-0.2, 0) is 22.6 Å². The summed E-state index contributed by atoms with van der Waals surface area (Å²) >= 11 is 0. The quantitative estimate of drug-likeness (QED) is 0.187. The van der Waals surface area contributed by atoms with Gasteiger partial charge in [-0.05, 0) is 51.5 Å². The Labute approximate surface area is 188 Å². The largest absolute Gasteiger partial charge is 0.481 e. The molecule has 0 amide bonds. The second-order valence-electron chi connectivity index (χ2n) is 7.93. The predicted octanol–water partition coefficient (Wildman–Crippen LogP) is 5.26. The highest BCUT2D eigenvalue weighted by Gasteiger charge is 2.12. The summed E-state index contributed by atoms with van der Waals surface area (Å²) in [5.74, 6) is -0.780. The van der Waals surface area contributed by atoms with Gasteiger partial charge in [-0.1, -0.05) is 50.8 Å². The van der Waals surface area contributed by atoms with Crippen LogP contribution in [0.5, 0.6) is 0 Å². The van der Waals surface area contributed by atoms with E-state index in [4.69, 9.17) is 11.6 Å². The molecular weight excluding hydrogens is 392 g/mol. The third-order valence-electron chi connectivity index (χ3n) is 5.27. The monoisotopic (exact) mass is 434 g/mol. The Bertz CT molecular complexity index is 753. The van der Waals surface area contributed by atoms with Crippen LogP contribution in [0.2, 0.25) is 0 Å². The van der Waals surface area contributed by atoms with Crippen LogP contribution < -0.4 is 0 Å². The third-order valence-corrected chi connectivity index (χ3v) is 5.27. The number of nitrogens with zero attached hydrogens (tertiary/aromatic N) is 2. The van der Waals surface area contributed by atoms with E-state index in [0.29, 0.717) is 32.1 Å². The number of carboxylic acid groups (broad SMARTS) is 1. The second-order valence-corrected chi connectivity index (χ2v) is 7.93. The molecule has 2 N–H and O–H groups in total. The van der Waals surface area contributed by atoms with Crippen LogP contribution in [0.15, 0.2) is 18.2 Å². The van der Waals surface area contributed by atoms with E-state index in [0.717, 1.165) is 68.3 Å². The normalized spacial score (nSPS) is 14.2. The number of carboxylic acids is 1. The first-order valence-electron chi connectivity index (χ1n) is 12.1. The molecule has 1 unspecified atom stereocenters. The van der Waals surface area contributed by atoms with Gasteiger partial charge in [-0.15, -0.1) is 0 Å². The maximum absolute atomic E-state index is 10.6. The minimum atomic E-state index is -1.61. The van der Waals surface area contributed by atoms with Gasteiger partial charge in [0.2, 0.25) is 0 Å². The summed E-state index contributed by atoms with van der Waals surface area (Å²) in [6, 6.07) is 0. The fourth-order valence-electron chi connectivity index (χ4n) is 3.38. The zero-order valence-electron chi connectivity index (χ0n) is 20.2. The Morgan fingerprint density at radius 1 is 1.16 bits per heavy atom. The molecule has 1 atom stereocenters. The Morgan fingerprint density at radius 3 is 2.68 bits per heavy atom. The number of allylic oxidation sites excluding steroid dienone is 2. The molecular formula is C25H40N2O4. The topological polar surface area (TPSA) is 92.4 Å². The van der Waals surface area contributed by atoms with Crippen molar-refractivity contribution in [1.29, 1.82) is 0 Å². The molecule has 0 saturated heterocycles. The fraction of sp³-hybridized carbons (Fsp3) is 0.640. The minimum Gasteiger partial charge on any atom is -0.481 e. The van der Waals surface area contributed by atoms with Gasteiger partial charge < -0.3 is 15.0 Å². The van der Waals surface area contributed by atoms with Crippen molar-refractivity contribution in [3.05, 3.63) is 35.2 Å². The first-order valence-corrected chi connectivity index (χ1v) is 11.6. The molecule has 0 fully saturated rings. The summed E-state index contributed by atoms with van der Waals surface area (Å²) in [5.41, 5.74) is 2.86. The number of hydrogen-bond donors (Lipinski definition) is 2. The van der Waals surface area contributed by atoms with Gasteiger partial charge in [0.25, 0.3) is 0 Å². The molecule has 6 nitrogen and oxygen atoms in total. The predicted molar refractivity (Wildman–Crippen MR) is 125 cm³/mol. The van der Waals surface area contributed by atoms with E-state index < -0.39 is 12.0 Å². The van der Waals surface area contributed by atoms with E-state index in [9.17, 15) is 14.7 Å². The molecule has 6 heteroatoms. The van der Waals surface area contributed by atoms with Crippen molar-refractivity contribution in [2.45, 2.75) is 104 Å². The molecule has 0 aromatic carbocycles. The Hall–Kier alpha value is -2.21. The Kier molecular flexibility index (Phi) is 13.3. The van der Waals surface area contributed by atoms with Gasteiger partial charge in [0, 0.05) is 30.6 Å². The third kappa shape index (κ3) is 11.7. The molecule has 0 aliphatic rings. The summed E-state index contributed by atoms with van der Waals surface area (Å²) in [6.45, 7) is 4.88. The maximum atomic E-state index is 10.6. The van der Waals surface area contributed by atoms with Crippen molar-refractivity contribution in [3.63, 3.8) is 0 Å². The molecule has 1 heterocycles. The average Bonchev–Trinajstić information content (AvgIpc) is 3.04. The average molecular weight is 435 g/mol. The molecule has 1 rings (SSSR count). The highest BCUT2D eigenvalue weighted by molar-refractivity contribution is 5.66. The first kappa shape index (κ1) is 25.1. The van der Waals surface area contributed by atoms with Crippen LogP contribution in [0.1, 0.15) is 95.9 Å². The van der Waals surface area contributed by atoms with Crippen molar-refractivity contribution in [2.75, 3.05) is 0 Å². The van der Waals surface area contributed by atoms with Gasteiger partial charge in [0.1, 0.15) is 6.29 Å². The van der Waals surface area contributed by atoms with E-state index in [2.05, 4.69) is 6.92 Å². The highest BCUT2D eigenvalue weighted by atomic mass is 16.4. The van der Waals surface area contributed by atoms with Crippen LogP contribution in [0, 0.1) is 6.92 Å². The summed E-state index contributed by atoms with van der Waals surface area (Å²) < 4.78 is 10.1. The second kappa shape index (κ2) is 16.5. The van der Waals surface area contributed by atoms with Crippen LogP contribution in [0.3, 0.4) is 0 Å². The summed E-state index contributed by atoms with van der Waals surface area (Å²) in [5, 5.41) is 23.8. The van der Waals surface area contributed by atoms with Gasteiger partial charge in [0.05, 0.1) is 13.1 Å². The molecule has 0 spiro atoms. The number of carbonyl (C=O) groups is 2. The number of aldehydes is 1. The standard InChI is InChI=1S/C25H40N2O4/c1-3-4-9-14-22(29)17-18-24-23(15-10-5-6-11-16-25(30)31)21(2)27(26-24)19-12-7-8-13-20-28/h5,10,17-18,20,22,29H,3-4,6-9,11-16,19H2,1-2H3,(H,30,31)/b10-5-,18-17+/i22T. The Morgan fingerprint density at radius 2 is 1.97 bits per heavy atom. The number of carbonyl (C=O) groups excluding carboxylic acids is 1. The lowest BCUT2D eigenvalue weighted by atomic mass is 10.1. The first-order chi connectivity index (χ1) is 15.3. The van der Waals surface area contributed by atoms with Crippen molar-refractivity contribution in [1.82, 2.24) is 9.78 Å². The van der Waals surface area contributed by atoms with Gasteiger partial charge in [0.15, 0.2) is 0 Å². The van der Waals surface area contributed by atoms with Crippen LogP contribution in [0.25, 0.3) is 6.08 Å². The lowest BCUT2D eigenvalue weighted by Gasteiger charge is -2.04. The number of rotatable bonds is 18. The smallest absolute Gasteiger partial charge is 0.303 e. The van der Waals surface area contributed by atoms with E-state index in [1.807, 2.05) is 23.8 Å². The maximum Gasteiger partial charge on any atom is 0.303 e. The molecule has 0 aliphatic heterocycles. The molecule has 0 radical (unpaired) electrons. The molecule has 174 valence electrons. The SMILES string of the molecule is [3H]C(O)(/C=C/c1nn(CCCCCC=O)c(C)c1C/C=C\CCCC(=O)O)CCCCC. The number of hydrogen-bond acceptors (Lipinski definition) is 4. The van der Waals surface area contributed by atoms with Gasteiger partial charge in [-0.2, -0.15) is 5.10 Å². The summed E-state index contributed by atoms with van der Waals surface area (Å²) in [6.07, 6.45) is 15.4. The van der Waals surface area contributed by atoms with Crippen LogP contribution in [-0.4, -0.2) is 38.3 Å². The van der Waals surface area contributed by atoms with E-state index in [-0.39, 0.29) is 6.42 Å². The number of aliphatic carboxylic acids is 1. The zero-order valence-corrected chi connectivity index (χ0v) is 19.2. The lowest BCUT2D eigenvalue weighted by molar-refractivity contribution is -0.137. The molecule has 0 bridgehead atoms. The fourth-order valence-corrected chi connectivity index (χ4v) is 3.38. The molecule has 1 aromatic rings.